The summed E-state index contributed by atoms with van der Waals surface area (Å²) in [6.07, 6.45) is 5.76. The molecule has 0 aromatic carbocycles. The van der Waals surface area contributed by atoms with E-state index in [2.05, 4.69) is 19.2 Å². The monoisotopic (exact) mass is 172 g/mol. The SMILES string of the molecule is CCCCC(CC)NCCC[O]. The van der Waals surface area contributed by atoms with Gasteiger partial charge in [0, 0.05) is 6.04 Å². The van der Waals surface area contributed by atoms with Gasteiger partial charge in [-0.2, -0.15) is 0 Å². The Hall–Kier alpha value is -0.0800. The maximum absolute atomic E-state index is 10.2. The predicted molar refractivity (Wildman–Crippen MR) is 51.8 cm³/mol. The Labute approximate surface area is 76.4 Å². The molecule has 73 valence electrons. The topological polar surface area (TPSA) is 31.9 Å². The largest absolute Gasteiger partial charge is 0.314 e. The van der Waals surface area contributed by atoms with Crippen LogP contribution in [0.4, 0.5) is 0 Å². The minimum atomic E-state index is 0.0528. The number of unbranched alkanes of at least 4 members (excludes halogenated alkanes) is 1. The van der Waals surface area contributed by atoms with E-state index in [1.54, 1.807) is 0 Å². The first-order valence-corrected chi connectivity index (χ1v) is 5.16. The highest BCUT2D eigenvalue weighted by atomic mass is 16.3. The van der Waals surface area contributed by atoms with Gasteiger partial charge < -0.3 is 5.32 Å². The Bertz CT molecular complexity index is 85.9. The Balaban J connectivity index is 3.26. The van der Waals surface area contributed by atoms with E-state index in [9.17, 15) is 5.11 Å². The minimum absolute atomic E-state index is 0.0528. The van der Waals surface area contributed by atoms with Crippen molar-refractivity contribution >= 4 is 0 Å². The van der Waals surface area contributed by atoms with E-state index in [1.807, 2.05) is 0 Å². The molecule has 2 heteroatoms. The van der Waals surface area contributed by atoms with Crippen LogP contribution in [0.1, 0.15) is 46.0 Å². The number of hydrogen-bond donors (Lipinski definition) is 1. The van der Waals surface area contributed by atoms with E-state index in [0.29, 0.717) is 6.04 Å². The summed E-state index contributed by atoms with van der Waals surface area (Å²) >= 11 is 0. The molecule has 0 fully saturated rings. The third-order valence-corrected chi connectivity index (χ3v) is 2.15. The molecule has 0 rings (SSSR count). The summed E-state index contributed by atoms with van der Waals surface area (Å²) in [7, 11) is 0. The van der Waals surface area contributed by atoms with Crippen molar-refractivity contribution in [3.05, 3.63) is 0 Å². The van der Waals surface area contributed by atoms with E-state index in [4.69, 9.17) is 0 Å². The first-order chi connectivity index (χ1) is 5.85. The third-order valence-electron chi connectivity index (χ3n) is 2.15. The molecule has 0 aliphatic heterocycles. The van der Waals surface area contributed by atoms with Gasteiger partial charge in [-0.15, -0.1) is 0 Å². The molecule has 1 unspecified atom stereocenters. The fraction of sp³-hybridized carbons (Fsp3) is 1.00. The fourth-order valence-electron chi connectivity index (χ4n) is 1.28. The second kappa shape index (κ2) is 9.01. The lowest BCUT2D eigenvalue weighted by molar-refractivity contribution is 0.187. The van der Waals surface area contributed by atoms with Gasteiger partial charge >= 0.3 is 0 Å². The molecule has 0 aliphatic rings. The number of nitrogens with one attached hydrogen (secondary N) is 1. The van der Waals surface area contributed by atoms with Crippen molar-refractivity contribution in [2.24, 2.45) is 0 Å². The van der Waals surface area contributed by atoms with Crippen molar-refractivity contribution in [3.63, 3.8) is 0 Å². The second-order valence-electron chi connectivity index (χ2n) is 3.26. The average molecular weight is 172 g/mol. The van der Waals surface area contributed by atoms with Gasteiger partial charge in [-0.1, -0.05) is 26.7 Å². The summed E-state index contributed by atoms with van der Waals surface area (Å²) in [6, 6.07) is 0.636. The quantitative estimate of drug-likeness (QED) is 0.560. The van der Waals surface area contributed by atoms with Gasteiger partial charge in [0.15, 0.2) is 0 Å². The Morgan fingerprint density at radius 3 is 2.50 bits per heavy atom. The average Bonchev–Trinajstić information content (AvgIpc) is 2.11. The molecule has 0 bridgehead atoms. The third kappa shape index (κ3) is 6.62. The molecule has 0 aromatic heterocycles. The molecule has 0 aromatic rings. The number of hydrogen-bond acceptors (Lipinski definition) is 1. The molecule has 12 heavy (non-hydrogen) atoms. The molecule has 1 radical (unpaired) electrons. The molecule has 0 saturated heterocycles. The smallest absolute Gasteiger partial charge is 0.0834 e. The highest BCUT2D eigenvalue weighted by Crippen LogP contribution is 2.03. The summed E-state index contributed by atoms with van der Waals surface area (Å²) in [4.78, 5) is 0. The van der Waals surface area contributed by atoms with Crippen molar-refractivity contribution in [1.82, 2.24) is 5.32 Å². The highest BCUT2D eigenvalue weighted by molar-refractivity contribution is 4.63. The molecule has 1 atom stereocenters. The number of rotatable bonds is 8. The van der Waals surface area contributed by atoms with Crippen LogP contribution in [0.25, 0.3) is 0 Å². The zero-order valence-corrected chi connectivity index (χ0v) is 8.44. The molecule has 0 aliphatic carbocycles. The molecule has 0 amide bonds. The molecule has 2 nitrogen and oxygen atoms in total. The Morgan fingerprint density at radius 1 is 1.25 bits per heavy atom. The van der Waals surface area contributed by atoms with Crippen LogP contribution >= 0.6 is 0 Å². The van der Waals surface area contributed by atoms with Gasteiger partial charge in [-0.25, -0.2) is 5.11 Å². The van der Waals surface area contributed by atoms with Crippen LogP contribution in [-0.4, -0.2) is 19.2 Å². The van der Waals surface area contributed by atoms with Gasteiger partial charge in [0.1, 0.15) is 0 Å². The molecule has 0 saturated carbocycles. The van der Waals surface area contributed by atoms with Crippen molar-refractivity contribution in [2.45, 2.75) is 52.0 Å². The van der Waals surface area contributed by atoms with Gasteiger partial charge in [-0.05, 0) is 25.8 Å². The zero-order valence-electron chi connectivity index (χ0n) is 8.44. The molecule has 0 heterocycles. The second-order valence-corrected chi connectivity index (χ2v) is 3.26. The van der Waals surface area contributed by atoms with Gasteiger partial charge in [0.05, 0.1) is 6.61 Å². The summed E-state index contributed by atoms with van der Waals surface area (Å²) in [6.45, 7) is 5.36. The van der Waals surface area contributed by atoms with Crippen molar-refractivity contribution in [1.29, 1.82) is 0 Å². The first kappa shape index (κ1) is 11.9. The maximum atomic E-state index is 10.2. The summed E-state index contributed by atoms with van der Waals surface area (Å²) < 4.78 is 0. The van der Waals surface area contributed by atoms with Crippen LogP contribution in [0.3, 0.4) is 0 Å². The molecular weight excluding hydrogens is 150 g/mol. The molecular formula is C10H22NO. The standard InChI is InChI=1S/C10H22NO/c1-3-5-7-10(4-2)11-8-6-9-12/h10-11H,3-9H2,1-2H3. The van der Waals surface area contributed by atoms with Gasteiger partial charge in [0.25, 0.3) is 0 Å². The summed E-state index contributed by atoms with van der Waals surface area (Å²) in [5.74, 6) is 0. The first-order valence-electron chi connectivity index (χ1n) is 5.16. The minimum Gasteiger partial charge on any atom is -0.314 e. The van der Waals surface area contributed by atoms with Crippen LogP contribution in [0.5, 0.6) is 0 Å². The molecule has 0 spiro atoms. The van der Waals surface area contributed by atoms with Crippen LogP contribution in [-0.2, 0) is 5.11 Å². The van der Waals surface area contributed by atoms with Crippen LogP contribution in [0, 0.1) is 0 Å². The lowest BCUT2D eigenvalue weighted by Gasteiger charge is -2.15. The van der Waals surface area contributed by atoms with E-state index in [1.165, 1.54) is 25.7 Å². The van der Waals surface area contributed by atoms with Gasteiger partial charge in [0.2, 0.25) is 0 Å². The summed E-state index contributed by atoms with van der Waals surface area (Å²) in [5.41, 5.74) is 0. The van der Waals surface area contributed by atoms with Gasteiger partial charge in [-0.3, -0.25) is 0 Å². The van der Waals surface area contributed by atoms with Crippen LogP contribution in [0.2, 0.25) is 0 Å². The van der Waals surface area contributed by atoms with E-state index in [-0.39, 0.29) is 6.61 Å². The van der Waals surface area contributed by atoms with E-state index < -0.39 is 0 Å². The Morgan fingerprint density at radius 2 is 2.00 bits per heavy atom. The maximum Gasteiger partial charge on any atom is 0.0834 e. The van der Waals surface area contributed by atoms with E-state index >= 15 is 0 Å². The fourth-order valence-corrected chi connectivity index (χ4v) is 1.28. The lowest BCUT2D eigenvalue weighted by Crippen LogP contribution is -2.29. The van der Waals surface area contributed by atoms with E-state index in [0.717, 1.165) is 13.0 Å². The van der Waals surface area contributed by atoms with Crippen molar-refractivity contribution in [3.8, 4) is 0 Å². The van der Waals surface area contributed by atoms with Crippen molar-refractivity contribution in [2.75, 3.05) is 13.2 Å². The molecule has 1 N–H and O–H groups in total. The predicted octanol–water partition coefficient (Wildman–Crippen LogP) is 2.37. The highest BCUT2D eigenvalue weighted by Gasteiger charge is 2.02. The van der Waals surface area contributed by atoms with Crippen molar-refractivity contribution < 1.29 is 5.11 Å². The summed E-state index contributed by atoms with van der Waals surface area (Å²) in [5, 5.41) is 13.6. The Kier molecular flexibility index (Phi) is 8.95. The van der Waals surface area contributed by atoms with Crippen LogP contribution in [0.15, 0.2) is 0 Å². The lowest BCUT2D eigenvalue weighted by atomic mass is 10.1. The van der Waals surface area contributed by atoms with Crippen LogP contribution < -0.4 is 5.32 Å². The zero-order chi connectivity index (χ0) is 9.23. The normalized spacial score (nSPS) is 13.2.